The third-order valence-electron chi connectivity index (χ3n) is 13.0. The molecule has 4 amide bonds. The molecule has 2 saturated heterocycles. The summed E-state index contributed by atoms with van der Waals surface area (Å²) in [6, 6.07) is 21.3. The third-order valence-corrected chi connectivity index (χ3v) is 13.0. The van der Waals surface area contributed by atoms with Gasteiger partial charge < -0.3 is 24.8 Å². The van der Waals surface area contributed by atoms with E-state index in [1.165, 1.54) is 4.90 Å². The number of benzene rings is 3. The van der Waals surface area contributed by atoms with Gasteiger partial charge in [0.05, 0.1) is 17.7 Å². The van der Waals surface area contributed by atoms with Gasteiger partial charge in [0.2, 0.25) is 11.8 Å². The van der Waals surface area contributed by atoms with E-state index in [0.717, 1.165) is 68.8 Å². The van der Waals surface area contributed by atoms with Gasteiger partial charge in [-0.25, -0.2) is 0 Å². The average Bonchev–Trinajstić information content (AvgIpc) is 3.50. The molecule has 14 nitrogen and oxygen atoms in total. The van der Waals surface area contributed by atoms with Crippen LogP contribution in [0, 0.1) is 22.2 Å². The number of hydrogen-bond donors (Lipinski definition) is 3. The Bertz CT molecular complexity index is 2370. The Morgan fingerprint density at radius 2 is 1.72 bits per heavy atom. The number of unbranched alkanes of at least 4 members (excludes halogenated alkanes) is 2. The fourth-order valence-electron chi connectivity index (χ4n) is 10.0. The van der Waals surface area contributed by atoms with Gasteiger partial charge in [0, 0.05) is 83.4 Å². The van der Waals surface area contributed by atoms with Crippen LogP contribution >= 0.6 is 0 Å². The van der Waals surface area contributed by atoms with E-state index in [1.54, 1.807) is 30.5 Å². The summed E-state index contributed by atoms with van der Waals surface area (Å²) in [5.41, 5.74) is 2.74. The zero-order valence-electron chi connectivity index (χ0n) is 35.1. The number of anilines is 1. The number of nitriles is 1. The zero-order valence-corrected chi connectivity index (χ0v) is 35.1. The zero-order chi connectivity index (χ0) is 43.1. The largest absolute Gasteiger partial charge is 0.494 e. The Kier molecular flexibility index (Phi) is 11.5. The molecule has 0 radical (unpaired) electrons. The maximum absolute atomic E-state index is 13.5. The van der Waals surface area contributed by atoms with Crippen LogP contribution in [0.4, 0.5) is 5.69 Å². The highest BCUT2D eigenvalue weighted by molar-refractivity contribution is 6.06. The lowest BCUT2D eigenvalue weighted by atomic mass is 9.49. The monoisotopic (exact) mass is 827 g/mol. The van der Waals surface area contributed by atoms with E-state index in [1.807, 2.05) is 42.5 Å². The van der Waals surface area contributed by atoms with Crippen molar-refractivity contribution < 1.29 is 33.8 Å². The lowest BCUT2D eigenvalue weighted by molar-refractivity contribution is -0.163. The molecule has 3 aromatic carbocycles. The quantitative estimate of drug-likeness (QED) is 0.117. The van der Waals surface area contributed by atoms with E-state index < -0.39 is 24.1 Å². The highest BCUT2D eigenvalue weighted by Gasteiger charge is 2.64. The first-order chi connectivity index (χ1) is 29.3. The Morgan fingerprint density at radius 1 is 0.967 bits per heavy atom. The van der Waals surface area contributed by atoms with Gasteiger partial charge in [-0.2, -0.15) is 5.26 Å². The van der Waals surface area contributed by atoms with Crippen molar-refractivity contribution in [1.82, 2.24) is 25.4 Å². The van der Waals surface area contributed by atoms with Gasteiger partial charge in [-0.15, -0.1) is 0 Å². The predicted molar refractivity (Wildman–Crippen MR) is 228 cm³/mol. The van der Waals surface area contributed by atoms with Gasteiger partial charge >= 0.3 is 0 Å². The van der Waals surface area contributed by atoms with Crippen molar-refractivity contribution in [2.75, 3.05) is 44.2 Å². The van der Waals surface area contributed by atoms with Crippen LogP contribution in [0.2, 0.25) is 0 Å². The van der Waals surface area contributed by atoms with Crippen LogP contribution in [0.15, 0.2) is 72.9 Å². The summed E-state index contributed by atoms with van der Waals surface area (Å²) in [7, 11) is 0. The number of piperazine rings is 1. The fraction of sp³-hybridized carbons (Fsp3) is 0.447. The lowest BCUT2D eigenvalue weighted by Crippen LogP contribution is -2.74. The second-order valence-corrected chi connectivity index (χ2v) is 17.8. The smallest absolute Gasteiger partial charge is 0.257 e. The molecule has 8 rings (SSSR count). The van der Waals surface area contributed by atoms with Crippen molar-refractivity contribution in [1.29, 1.82) is 5.26 Å². The van der Waals surface area contributed by atoms with Crippen molar-refractivity contribution >= 4 is 40.2 Å². The first-order valence-corrected chi connectivity index (χ1v) is 21.2. The molecule has 0 spiro atoms. The summed E-state index contributed by atoms with van der Waals surface area (Å²) >= 11 is 0. The van der Waals surface area contributed by atoms with Crippen molar-refractivity contribution in [3.63, 3.8) is 0 Å². The van der Waals surface area contributed by atoms with E-state index in [2.05, 4.69) is 59.2 Å². The number of pyridine rings is 1. The standard InChI is InChI=1S/C47H53N7O7/c1-46(2)44(47(3,4)45(46)61-37-18-12-30(28-48)39-34(37)9-8-20-49-39)51-40(56)29-10-14-32(15-11-29)60-26-7-5-6-21-52-22-24-53(25-23-52)31-13-16-33-35(27-31)43(59)54(42(33)58)36-17-19-38(55)50-41(36)57/h8-16,18,20,27,36,43-45,59H,5-7,17,19,21-26H2,1-4H3,(H,51,56)(H,50,55,57). The SMILES string of the molecule is CC1(C)C(NC(=O)c2ccc(OCCCCCN3CCN(c4ccc5c(c4)C(O)N(C4CCC(=O)NC4=O)C5=O)CC3)cc2)C(C)(C)C1Oc1ccc(C#N)c2ncccc12. The lowest BCUT2D eigenvalue weighted by Gasteiger charge is -2.63. The number of carbonyl (C=O) groups is 4. The molecule has 0 bridgehead atoms. The van der Waals surface area contributed by atoms with E-state index in [9.17, 15) is 29.5 Å². The molecule has 3 fully saturated rings. The normalized spacial score (nSPS) is 23.2. The second-order valence-electron chi connectivity index (χ2n) is 17.8. The van der Waals surface area contributed by atoms with Gasteiger partial charge in [-0.3, -0.25) is 39.3 Å². The van der Waals surface area contributed by atoms with Crippen molar-refractivity contribution in [3.8, 4) is 17.6 Å². The minimum atomic E-state index is -1.24. The number of amides is 4. The predicted octanol–water partition coefficient (Wildman–Crippen LogP) is 5.34. The summed E-state index contributed by atoms with van der Waals surface area (Å²) in [6.45, 7) is 13.4. The van der Waals surface area contributed by atoms with Crippen LogP contribution in [0.5, 0.6) is 11.5 Å². The topological polar surface area (TPSA) is 177 Å². The average molecular weight is 828 g/mol. The van der Waals surface area contributed by atoms with E-state index >= 15 is 0 Å². The summed E-state index contributed by atoms with van der Waals surface area (Å²) < 4.78 is 12.6. The Balaban J connectivity index is 0.743. The Hall–Kier alpha value is -6.04. The van der Waals surface area contributed by atoms with Gasteiger partial charge in [-0.1, -0.05) is 27.7 Å². The molecule has 14 heteroatoms. The van der Waals surface area contributed by atoms with Gasteiger partial charge in [0.15, 0.2) is 6.23 Å². The Morgan fingerprint density at radius 3 is 2.44 bits per heavy atom. The van der Waals surface area contributed by atoms with Crippen molar-refractivity contribution in [3.05, 3.63) is 95.2 Å². The van der Waals surface area contributed by atoms with Crippen LogP contribution in [0.1, 0.15) is 97.9 Å². The molecule has 4 heterocycles. The molecule has 3 aliphatic heterocycles. The number of piperidine rings is 1. The first kappa shape index (κ1) is 41.7. The van der Waals surface area contributed by atoms with Crippen molar-refractivity contribution in [2.24, 2.45) is 10.8 Å². The van der Waals surface area contributed by atoms with E-state index in [4.69, 9.17) is 9.47 Å². The van der Waals surface area contributed by atoms with Gasteiger partial charge in [0.25, 0.3) is 11.8 Å². The summed E-state index contributed by atoms with van der Waals surface area (Å²) in [5, 5.41) is 27.0. The Labute approximate surface area is 355 Å². The molecule has 1 aliphatic carbocycles. The molecule has 1 saturated carbocycles. The van der Waals surface area contributed by atoms with Crippen LogP contribution in [-0.4, -0.2) is 101 Å². The summed E-state index contributed by atoms with van der Waals surface area (Å²) in [5.74, 6) is -0.0685. The molecular weight excluding hydrogens is 775 g/mol. The summed E-state index contributed by atoms with van der Waals surface area (Å²) in [4.78, 5) is 61.0. The van der Waals surface area contributed by atoms with Gasteiger partial charge in [0.1, 0.15) is 29.7 Å². The van der Waals surface area contributed by atoms with Gasteiger partial charge in [-0.05, 0) is 99.0 Å². The molecule has 2 unspecified atom stereocenters. The van der Waals surface area contributed by atoms with E-state index in [-0.39, 0.29) is 47.6 Å². The van der Waals surface area contributed by atoms with Crippen LogP contribution < -0.4 is 25.0 Å². The number of hydrogen-bond acceptors (Lipinski definition) is 11. The van der Waals surface area contributed by atoms with E-state index in [0.29, 0.717) is 40.1 Å². The molecule has 2 atom stereocenters. The fourth-order valence-corrected chi connectivity index (χ4v) is 10.0. The molecule has 61 heavy (non-hydrogen) atoms. The number of carbonyl (C=O) groups excluding carboxylic acids is 4. The molecule has 4 aromatic rings. The number of fused-ring (bicyclic) bond motifs is 2. The van der Waals surface area contributed by atoms with Crippen LogP contribution in [0.3, 0.4) is 0 Å². The minimum absolute atomic E-state index is 0.129. The van der Waals surface area contributed by atoms with Crippen LogP contribution in [-0.2, 0) is 9.59 Å². The third kappa shape index (κ3) is 8.00. The van der Waals surface area contributed by atoms with Crippen LogP contribution in [0.25, 0.3) is 10.9 Å². The summed E-state index contributed by atoms with van der Waals surface area (Å²) in [6.07, 6.45) is 3.55. The van der Waals surface area contributed by atoms with Crippen molar-refractivity contribution in [2.45, 2.75) is 84.2 Å². The molecule has 1 aromatic heterocycles. The first-order valence-electron chi connectivity index (χ1n) is 21.2. The molecule has 4 aliphatic rings. The number of aliphatic hydroxyl groups excluding tert-OH is 1. The minimum Gasteiger partial charge on any atom is -0.494 e. The number of nitrogens with zero attached hydrogens (tertiary/aromatic N) is 5. The second kappa shape index (κ2) is 16.8. The highest BCUT2D eigenvalue weighted by atomic mass is 16.5. The number of nitrogens with one attached hydrogen (secondary N) is 2. The molecule has 318 valence electrons. The maximum atomic E-state index is 13.5. The number of ether oxygens (including phenoxy) is 2. The highest BCUT2D eigenvalue weighted by Crippen LogP contribution is 2.56. The molecular formula is C47H53N7O7. The number of aromatic nitrogens is 1. The number of aliphatic hydroxyl groups is 1. The molecule has 3 N–H and O–H groups in total. The number of imide groups is 1. The number of rotatable bonds is 13. The maximum Gasteiger partial charge on any atom is 0.257 e.